The molecule has 0 amide bonds. The number of hydrogen-bond donors (Lipinski definition) is 0. The maximum Gasteiger partial charge on any atom is 0.237 e. The molecule has 0 spiro atoms. The van der Waals surface area contributed by atoms with Gasteiger partial charge in [0.05, 0.1) is 0 Å². The van der Waals surface area contributed by atoms with Gasteiger partial charge in [0, 0.05) is 18.6 Å². The quantitative estimate of drug-likeness (QED) is 0.610. The van der Waals surface area contributed by atoms with Crippen molar-refractivity contribution in [3.05, 3.63) is 48.3 Å². The lowest BCUT2D eigenvalue weighted by molar-refractivity contribution is 0.573. The van der Waals surface area contributed by atoms with Crippen LogP contribution < -0.4 is 0 Å². The molecule has 0 aromatic carbocycles. The lowest BCUT2D eigenvalue weighted by Gasteiger charge is -2.06. The smallest absolute Gasteiger partial charge is 0.237 e. The average Bonchev–Trinajstić information content (AvgIpc) is 2.57. The van der Waals surface area contributed by atoms with Crippen LogP contribution in [0.15, 0.2) is 36.8 Å². The summed E-state index contributed by atoms with van der Waals surface area (Å²) in [6.45, 7) is 1.86. The molecule has 0 bridgehead atoms. The first-order valence-corrected chi connectivity index (χ1v) is 4.03. The van der Waals surface area contributed by atoms with Crippen LogP contribution in [0, 0.1) is 12.9 Å². The van der Waals surface area contributed by atoms with Gasteiger partial charge in [-0.25, -0.2) is 4.98 Å². The summed E-state index contributed by atoms with van der Waals surface area (Å²) in [6, 6.07) is 5.50. The van der Waals surface area contributed by atoms with E-state index in [0.29, 0.717) is 5.69 Å². The normalized spacial score (nSPS) is 10.3. The van der Waals surface area contributed by atoms with E-state index in [4.69, 9.17) is 0 Å². The van der Waals surface area contributed by atoms with E-state index in [1.54, 1.807) is 23.0 Å². The highest BCUT2D eigenvalue weighted by Gasteiger charge is 2.06. The predicted molar refractivity (Wildman–Crippen MR) is 48.3 cm³/mol. The van der Waals surface area contributed by atoms with Crippen molar-refractivity contribution < 1.29 is 4.39 Å². The number of pyridine rings is 1. The topological polar surface area (TPSA) is 17.8 Å². The summed E-state index contributed by atoms with van der Waals surface area (Å²) >= 11 is 0. The Labute approximate surface area is 75.7 Å². The highest BCUT2D eigenvalue weighted by molar-refractivity contribution is 5.38. The number of aryl methyl sites for hydroxylation is 1. The van der Waals surface area contributed by atoms with Crippen LogP contribution in [0.4, 0.5) is 4.39 Å². The second kappa shape index (κ2) is 3.01. The van der Waals surface area contributed by atoms with Crippen LogP contribution in [-0.2, 0) is 0 Å². The molecule has 0 fully saturated rings. The van der Waals surface area contributed by atoms with Gasteiger partial charge in [-0.15, -0.1) is 0 Å². The molecule has 66 valence electrons. The summed E-state index contributed by atoms with van der Waals surface area (Å²) in [6.07, 6.45) is 5.07. The summed E-state index contributed by atoms with van der Waals surface area (Å²) in [5, 5.41) is 0. The number of aromatic nitrogens is 2. The van der Waals surface area contributed by atoms with Gasteiger partial charge in [-0.1, -0.05) is 0 Å². The molecule has 2 aromatic heterocycles. The standard InChI is InChI=1S/C10H9FN2/c1-8-4-5-12-10(11)9(8)13-6-2-3-7-13/h2-7H,1H3. The van der Waals surface area contributed by atoms with Crippen LogP contribution in [0.3, 0.4) is 0 Å². The number of hydrogen-bond acceptors (Lipinski definition) is 1. The Morgan fingerprint density at radius 3 is 2.62 bits per heavy atom. The molecule has 2 nitrogen and oxygen atoms in total. The first-order valence-electron chi connectivity index (χ1n) is 4.03. The second-order valence-corrected chi connectivity index (χ2v) is 2.86. The Hall–Kier alpha value is -1.64. The minimum Gasteiger partial charge on any atom is -0.320 e. The van der Waals surface area contributed by atoms with Gasteiger partial charge in [-0.3, -0.25) is 0 Å². The molecule has 0 saturated carbocycles. The molecule has 0 unspecified atom stereocenters. The van der Waals surface area contributed by atoms with Crippen LogP contribution in [0.25, 0.3) is 5.69 Å². The molecule has 0 aliphatic heterocycles. The van der Waals surface area contributed by atoms with Gasteiger partial charge < -0.3 is 4.57 Å². The lowest BCUT2D eigenvalue weighted by atomic mass is 10.2. The van der Waals surface area contributed by atoms with Crippen molar-refractivity contribution in [2.45, 2.75) is 6.92 Å². The predicted octanol–water partition coefficient (Wildman–Crippen LogP) is 2.32. The molecule has 2 rings (SSSR count). The van der Waals surface area contributed by atoms with Crippen LogP contribution in [0.5, 0.6) is 0 Å². The SMILES string of the molecule is Cc1ccnc(F)c1-n1cccc1. The molecule has 2 heterocycles. The van der Waals surface area contributed by atoms with Gasteiger partial charge in [0.2, 0.25) is 5.95 Å². The summed E-state index contributed by atoms with van der Waals surface area (Å²) in [5.41, 5.74) is 1.40. The van der Waals surface area contributed by atoms with E-state index >= 15 is 0 Å². The first-order chi connectivity index (χ1) is 6.29. The molecule has 0 N–H and O–H groups in total. The molecule has 3 heteroatoms. The van der Waals surface area contributed by atoms with E-state index in [1.807, 2.05) is 19.1 Å². The van der Waals surface area contributed by atoms with E-state index in [9.17, 15) is 4.39 Å². The monoisotopic (exact) mass is 176 g/mol. The third-order valence-electron chi connectivity index (χ3n) is 1.94. The third-order valence-corrected chi connectivity index (χ3v) is 1.94. The first kappa shape index (κ1) is 7.98. The van der Waals surface area contributed by atoms with E-state index in [-0.39, 0.29) is 0 Å². The largest absolute Gasteiger partial charge is 0.320 e. The minimum atomic E-state index is -0.434. The van der Waals surface area contributed by atoms with Gasteiger partial charge in [-0.2, -0.15) is 4.39 Å². The molecule has 0 saturated heterocycles. The number of nitrogens with zero attached hydrogens (tertiary/aromatic N) is 2. The lowest BCUT2D eigenvalue weighted by Crippen LogP contribution is -1.99. The zero-order valence-electron chi connectivity index (χ0n) is 7.24. The second-order valence-electron chi connectivity index (χ2n) is 2.86. The Balaban J connectivity index is 2.64. The zero-order chi connectivity index (χ0) is 9.26. The molecule has 0 radical (unpaired) electrons. The van der Waals surface area contributed by atoms with Crippen molar-refractivity contribution in [1.29, 1.82) is 0 Å². The highest BCUT2D eigenvalue weighted by Crippen LogP contribution is 2.15. The maximum atomic E-state index is 13.3. The summed E-state index contributed by atoms with van der Waals surface area (Å²) in [7, 11) is 0. The third kappa shape index (κ3) is 1.33. The van der Waals surface area contributed by atoms with E-state index in [2.05, 4.69) is 4.98 Å². The highest BCUT2D eigenvalue weighted by atomic mass is 19.1. The van der Waals surface area contributed by atoms with Crippen molar-refractivity contribution in [1.82, 2.24) is 9.55 Å². The fourth-order valence-corrected chi connectivity index (χ4v) is 1.31. The Bertz CT molecular complexity index is 387. The molecule has 0 aliphatic rings. The Kier molecular flexibility index (Phi) is 1.85. The maximum absolute atomic E-state index is 13.3. The van der Waals surface area contributed by atoms with Crippen molar-refractivity contribution in [2.24, 2.45) is 0 Å². The van der Waals surface area contributed by atoms with Crippen LogP contribution in [0.1, 0.15) is 5.56 Å². The van der Waals surface area contributed by atoms with E-state index in [0.717, 1.165) is 5.56 Å². The molecule has 0 aliphatic carbocycles. The molecule has 13 heavy (non-hydrogen) atoms. The fourth-order valence-electron chi connectivity index (χ4n) is 1.31. The van der Waals surface area contributed by atoms with Crippen molar-refractivity contribution in [3.63, 3.8) is 0 Å². The van der Waals surface area contributed by atoms with Crippen molar-refractivity contribution >= 4 is 0 Å². The summed E-state index contributed by atoms with van der Waals surface area (Å²) in [5.74, 6) is -0.434. The van der Waals surface area contributed by atoms with Crippen LogP contribution in [0.2, 0.25) is 0 Å². The summed E-state index contributed by atoms with van der Waals surface area (Å²) < 4.78 is 15.0. The molecular weight excluding hydrogens is 167 g/mol. The van der Waals surface area contributed by atoms with E-state index in [1.165, 1.54) is 6.20 Å². The Morgan fingerprint density at radius 2 is 2.00 bits per heavy atom. The van der Waals surface area contributed by atoms with Crippen molar-refractivity contribution in [3.8, 4) is 5.69 Å². The average molecular weight is 176 g/mol. The Morgan fingerprint density at radius 1 is 1.31 bits per heavy atom. The van der Waals surface area contributed by atoms with Gasteiger partial charge in [0.1, 0.15) is 5.69 Å². The summed E-state index contributed by atoms with van der Waals surface area (Å²) in [4.78, 5) is 3.61. The minimum absolute atomic E-state index is 0.434. The van der Waals surface area contributed by atoms with Gasteiger partial charge in [-0.05, 0) is 30.7 Å². The fraction of sp³-hybridized carbons (Fsp3) is 0.100. The molecule has 2 aromatic rings. The van der Waals surface area contributed by atoms with Crippen molar-refractivity contribution in [2.75, 3.05) is 0 Å². The number of rotatable bonds is 1. The van der Waals surface area contributed by atoms with Crippen LogP contribution >= 0.6 is 0 Å². The van der Waals surface area contributed by atoms with Gasteiger partial charge >= 0.3 is 0 Å². The zero-order valence-corrected chi connectivity index (χ0v) is 7.24. The van der Waals surface area contributed by atoms with E-state index < -0.39 is 5.95 Å². The van der Waals surface area contributed by atoms with Crippen LogP contribution in [-0.4, -0.2) is 9.55 Å². The number of halogens is 1. The van der Waals surface area contributed by atoms with Gasteiger partial charge in [0.15, 0.2) is 0 Å². The molecule has 0 atom stereocenters. The van der Waals surface area contributed by atoms with Gasteiger partial charge in [0.25, 0.3) is 0 Å². The molecular formula is C10H9FN2.